The topological polar surface area (TPSA) is 88.2 Å². The van der Waals surface area contributed by atoms with Gasteiger partial charge in [-0.05, 0) is 55.2 Å². The molecule has 1 saturated carbocycles. The minimum absolute atomic E-state index is 0.279. The number of carbonyl (C=O) groups is 1. The zero-order valence-corrected chi connectivity index (χ0v) is 19.8. The Labute approximate surface area is 198 Å². The molecular formula is C22H25F2IN6O. The first-order valence-electron chi connectivity index (χ1n) is 10.9. The first-order valence-corrected chi connectivity index (χ1v) is 12.0. The van der Waals surface area contributed by atoms with Crippen molar-refractivity contribution >= 4 is 34.2 Å². The number of primary amides is 1. The molecule has 0 aromatic carbocycles. The highest BCUT2D eigenvalue weighted by atomic mass is 127. The van der Waals surface area contributed by atoms with E-state index in [0.717, 1.165) is 60.0 Å². The molecule has 1 aliphatic carbocycles. The summed E-state index contributed by atoms with van der Waals surface area (Å²) in [5.41, 5.74) is 9.76. The number of alkyl halides is 3. The fourth-order valence-corrected chi connectivity index (χ4v) is 5.18. The lowest BCUT2D eigenvalue weighted by Crippen LogP contribution is -2.38. The van der Waals surface area contributed by atoms with Crippen LogP contribution in [0, 0.1) is 5.41 Å². The van der Waals surface area contributed by atoms with E-state index in [2.05, 4.69) is 24.8 Å². The number of piperidine rings is 1. The van der Waals surface area contributed by atoms with E-state index < -0.39 is 9.84 Å². The summed E-state index contributed by atoms with van der Waals surface area (Å²) in [6.45, 7) is 3.67. The molecule has 3 aliphatic rings. The number of nitrogens with two attached hydrogens (primary N) is 1. The van der Waals surface area contributed by atoms with Gasteiger partial charge >= 0.3 is 3.93 Å². The van der Waals surface area contributed by atoms with E-state index in [1.807, 2.05) is 6.07 Å². The molecule has 2 aromatic rings. The van der Waals surface area contributed by atoms with Crippen LogP contribution >= 0.6 is 22.6 Å². The van der Waals surface area contributed by atoms with Gasteiger partial charge in [0.1, 0.15) is 17.7 Å². The Morgan fingerprint density at radius 2 is 1.91 bits per heavy atom. The third kappa shape index (κ3) is 4.43. The normalized spacial score (nSPS) is 20.3. The van der Waals surface area contributed by atoms with E-state index in [4.69, 9.17) is 5.73 Å². The van der Waals surface area contributed by atoms with Crippen molar-refractivity contribution in [2.45, 2.75) is 49.1 Å². The molecule has 0 atom stereocenters. The van der Waals surface area contributed by atoms with Crippen LogP contribution in [-0.4, -0.2) is 45.4 Å². The van der Waals surface area contributed by atoms with Crippen LogP contribution < -0.4 is 10.6 Å². The molecule has 170 valence electrons. The highest BCUT2D eigenvalue weighted by Gasteiger charge is 2.44. The number of hydrogen-bond acceptors (Lipinski definition) is 6. The third-order valence-corrected chi connectivity index (χ3v) is 7.56. The monoisotopic (exact) mass is 554 g/mol. The van der Waals surface area contributed by atoms with Crippen LogP contribution in [0.25, 0.3) is 0 Å². The van der Waals surface area contributed by atoms with E-state index in [1.165, 1.54) is 43.6 Å². The second-order valence-corrected chi connectivity index (χ2v) is 10.5. The molecule has 0 unspecified atom stereocenters. The van der Waals surface area contributed by atoms with Crippen molar-refractivity contribution in [1.82, 2.24) is 19.9 Å². The van der Waals surface area contributed by atoms with Gasteiger partial charge in [0, 0.05) is 61.0 Å². The van der Waals surface area contributed by atoms with Crippen molar-refractivity contribution in [1.29, 1.82) is 0 Å². The molecule has 10 heteroatoms. The average Bonchev–Trinajstić information content (AvgIpc) is 3.51. The van der Waals surface area contributed by atoms with Gasteiger partial charge in [0.15, 0.2) is 0 Å². The third-order valence-electron chi connectivity index (χ3n) is 7.01. The highest BCUT2D eigenvalue weighted by molar-refractivity contribution is 14.1. The number of amides is 1. The van der Waals surface area contributed by atoms with Gasteiger partial charge in [-0.15, -0.1) is 0 Å². The summed E-state index contributed by atoms with van der Waals surface area (Å²) < 4.78 is 24.2. The quantitative estimate of drug-likeness (QED) is 0.451. The van der Waals surface area contributed by atoms with E-state index >= 15 is 0 Å². The fourth-order valence-electron chi connectivity index (χ4n) is 4.88. The lowest BCUT2D eigenvalue weighted by Gasteiger charge is -2.37. The zero-order valence-electron chi connectivity index (χ0n) is 17.7. The molecule has 2 aliphatic heterocycles. The predicted molar refractivity (Wildman–Crippen MR) is 124 cm³/mol. The average molecular weight is 554 g/mol. The maximum absolute atomic E-state index is 13.6. The van der Waals surface area contributed by atoms with E-state index in [0.29, 0.717) is 24.2 Å². The first kappa shape index (κ1) is 21.9. The first-order chi connectivity index (χ1) is 15.2. The molecule has 0 radical (unpaired) electrons. The minimum atomic E-state index is -3.04. The predicted octanol–water partition coefficient (Wildman–Crippen LogP) is 3.39. The number of carbonyl (C=O) groups excluding carboxylic acids is 1. The van der Waals surface area contributed by atoms with Crippen LogP contribution in [0.5, 0.6) is 0 Å². The lowest BCUT2D eigenvalue weighted by atomic mass is 9.92. The van der Waals surface area contributed by atoms with Crippen molar-refractivity contribution in [3.63, 3.8) is 0 Å². The summed E-state index contributed by atoms with van der Waals surface area (Å²) in [5.74, 6) is -0.536. The van der Waals surface area contributed by atoms with Crippen LogP contribution in [0.4, 0.5) is 14.5 Å². The van der Waals surface area contributed by atoms with Crippen molar-refractivity contribution < 1.29 is 13.6 Å². The Balaban J connectivity index is 1.38. The van der Waals surface area contributed by atoms with Gasteiger partial charge in [-0.2, -0.15) is 8.78 Å². The van der Waals surface area contributed by atoms with Crippen LogP contribution in [0.1, 0.15) is 58.8 Å². The smallest absolute Gasteiger partial charge is 0.338 e. The van der Waals surface area contributed by atoms with Gasteiger partial charge in [-0.1, -0.05) is 0 Å². The second-order valence-electron chi connectivity index (χ2n) is 9.16. The minimum Gasteiger partial charge on any atom is -0.371 e. The molecular weight excluding hydrogens is 529 g/mol. The summed E-state index contributed by atoms with van der Waals surface area (Å²) in [7, 11) is 0. The molecule has 1 spiro atoms. The Morgan fingerprint density at radius 1 is 1.16 bits per heavy atom. The number of halogens is 3. The van der Waals surface area contributed by atoms with Crippen LogP contribution in [0.2, 0.25) is 0 Å². The summed E-state index contributed by atoms with van der Waals surface area (Å²) in [5, 5.41) is 0. The van der Waals surface area contributed by atoms with Crippen molar-refractivity contribution in [3.8, 4) is 0 Å². The fraction of sp³-hybridized carbons (Fsp3) is 0.545. The maximum atomic E-state index is 13.6. The highest BCUT2D eigenvalue weighted by Crippen LogP contribution is 2.54. The molecule has 4 heterocycles. The number of pyridine rings is 1. The molecule has 32 heavy (non-hydrogen) atoms. The molecule has 2 aromatic heterocycles. The zero-order chi connectivity index (χ0) is 22.5. The number of anilines is 1. The van der Waals surface area contributed by atoms with Crippen molar-refractivity contribution in [2.24, 2.45) is 11.1 Å². The van der Waals surface area contributed by atoms with Gasteiger partial charge in [0.05, 0.1) is 11.4 Å². The van der Waals surface area contributed by atoms with Crippen molar-refractivity contribution in [3.05, 3.63) is 46.8 Å². The van der Waals surface area contributed by atoms with Gasteiger partial charge in [-0.25, -0.2) is 15.0 Å². The molecule has 2 fully saturated rings. The molecule has 2 N–H and O–H groups in total. The van der Waals surface area contributed by atoms with Gasteiger partial charge in [0.25, 0.3) is 5.91 Å². The Morgan fingerprint density at radius 3 is 2.56 bits per heavy atom. The number of fused-ring (bicyclic) bond motifs is 1. The standard InChI is InChI=1S/C22H25F2IN6O/c23-22(24,25)19-9-14(27-13-28-19)11-30-6-1-15-17(12-30)29-16(20(26)32)10-18(15)31-7-4-21(2-3-21)5-8-31/h9-10,13H,1-8,11-12H2,(H2,26,32). The molecule has 0 bridgehead atoms. The van der Waals surface area contributed by atoms with Gasteiger partial charge < -0.3 is 10.6 Å². The molecule has 7 nitrogen and oxygen atoms in total. The SMILES string of the molecule is NC(=O)c1cc(N2CCC3(CC2)CC3)c2c(n1)CN(Cc1cc(C(F)(F)I)ncn1)CC2. The van der Waals surface area contributed by atoms with E-state index in [1.54, 1.807) is 0 Å². The van der Waals surface area contributed by atoms with Crippen LogP contribution in [0.3, 0.4) is 0 Å². The largest absolute Gasteiger partial charge is 0.371 e. The molecule has 5 rings (SSSR count). The maximum Gasteiger partial charge on any atom is 0.338 e. The Hall–Kier alpha value is -1.95. The number of hydrogen-bond donors (Lipinski definition) is 1. The van der Waals surface area contributed by atoms with E-state index in [-0.39, 0.29) is 11.4 Å². The summed E-state index contributed by atoms with van der Waals surface area (Å²) in [4.78, 5) is 28.9. The summed E-state index contributed by atoms with van der Waals surface area (Å²) >= 11 is 1.07. The Bertz CT molecular complexity index is 1050. The second kappa shape index (κ2) is 8.12. The Kier molecular flexibility index (Phi) is 5.55. The number of aromatic nitrogens is 3. The summed E-state index contributed by atoms with van der Waals surface area (Å²) in [6.07, 6.45) is 7.02. The molecule has 1 saturated heterocycles. The van der Waals surface area contributed by atoms with Gasteiger partial charge in [0.2, 0.25) is 0 Å². The summed E-state index contributed by atoms with van der Waals surface area (Å²) in [6, 6.07) is 3.20. The van der Waals surface area contributed by atoms with Crippen LogP contribution in [0.15, 0.2) is 18.5 Å². The number of nitrogens with zero attached hydrogens (tertiary/aromatic N) is 5. The van der Waals surface area contributed by atoms with E-state index in [9.17, 15) is 13.6 Å². The van der Waals surface area contributed by atoms with Crippen molar-refractivity contribution in [2.75, 3.05) is 24.5 Å². The lowest BCUT2D eigenvalue weighted by molar-refractivity contribution is 0.0994. The van der Waals surface area contributed by atoms with Gasteiger partial charge in [-0.3, -0.25) is 9.69 Å². The molecule has 1 amide bonds. The number of rotatable bonds is 5. The van der Waals surface area contributed by atoms with Crippen LogP contribution in [-0.2, 0) is 23.4 Å².